The second-order valence-electron chi connectivity index (χ2n) is 10.4. The molecule has 0 spiro atoms. The molecule has 0 heterocycles. The minimum absolute atomic E-state index is 0.139. The molecule has 7 heteroatoms. The minimum Gasteiger partial charge on any atom is -0.483 e. The summed E-state index contributed by atoms with van der Waals surface area (Å²) in [5.74, 6) is 0.534. The Bertz CT molecular complexity index is 1260. The molecule has 1 atom stereocenters. The van der Waals surface area contributed by atoms with Crippen molar-refractivity contribution in [2.24, 2.45) is 0 Å². The largest absolute Gasteiger partial charge is 0.483 e. The molecule has 39 heavy (non-hydrogen) atoms. The van der Waals surface area contributed by atoms with Gasteiger partial charge < -0.3 is 15.0 Å². The van der Waals surface area contributed by atoms with Gasteiger partial charge in [0.2, 0.25) is 5.91 Å². The molecule has 5 nitrogen and oxygen atoms in total. The Balaban J connectivity index is 1.61. The highest BCUT2D eigenvalue weighted by molar-refractivity contribution is 9.10. The van der Waals surface area contributed by atoms with Gasteiger partial charge in [-0.15, -0.1) is 0 Å². The first-order valence-corrected chi connectivity index (χ1v) is 14.8. The number of hydrogen-bond acceptors (Lipinski definition) is 3. The first-order chi connectivity index (χ1) is 18.8. The fraction of sp³-hybridized carbons (Fsp3) is 0.375. The summed E-state index contributed by atoms with van der Waals surface area (Å²) >= 11 is 10.1. The molecular formula is C32H36BrClN2O3. The summed E-state index contributed by atoms with van der Waals surface area (Å²) in [6.45, 7) is 4.25. The van der Waals surface area contributed by atoms with Crippen LogP contribution in [0.5, 0.6) is 5.75 Å². The van der Waals surface area contributed by atoms with Gasteiger partial charge in [0.25, 0.3) is 5.91 Å². The van der Waals surface area contributed by atoms with E-state index in [1.165, 1.54) is 5.56 Å². The standard InChI is InChI=1S/C32H36BrClN2O3/c1-22(2)24-16-17-30(27(33)19-24)39-21-31(37)36(20-25-12-6-9-15-28(25)34)29(18-23-10-4-3-5-11-23)32(38)35-26-13-7-8-14-26/h3-6,9-12,15-17,19,22,26,29H,7-8,13-14,18,20-21H2,1-2H3,(H,35,38). The molecule has 1 N–H and O–H groups in total. The first-order valence-electron chi connectivity index (χ1n) is 13.6. The van der Waals surface area contributed by atoms with E-state index in [2.05, 4.69) is 35.1 Å². The van der Waals surface area contributed by atoms with Gasteiger partial charge in [0.05, 0.1) is 4.47 Å². The zero-order valence-corrected chi connectivity index (χ0v) is 24.9. The smallest absolute Gasteiger partial charge is 0.261 e. The van der Waals surface area contributed by atoms with Crippen LogP contribution in [0.25, 0.3) is 0 Å². The second-order valence-corrected chi connectivity index (χ2v) is 11.7. The normalized spacial score (nSPS) is 14.3. The number of carbonyl (C=O) groups excluding carboxylic acids is 2. The molecule has 3 aromatic rings. The maximum absolute atomic E-state index is 13.9. The van der Waals surface area contributed by atoms with Crippen molar-refractivity contribution in [3.8, 4) is 5.75 Å². The molecule has 0 aliphatic heterocycles. The van der Waals surface area contributed by atoms with Crippen LogP contribution >= 0.6 is 27.5 Å². The molecule has 0 radical (unpaired) electrons. The zero-order chi connectivity index (χ0) is 27.8. The number of rotatable bonds is 11. The monoisotopic (exact) mass is 610 g/mol. The summed E-state index contributed by atoms with van der Waals surface area (Å²) in [4.78, 5) is 29.2. The van der Waals surface area contributed by atoms with E-state index in [0.717, 1.165) is 41.3 Å². The number of benzene rings is 3. The van der Waals surface area contributed by atoms with E-state index in [9.17, 15) is 9.59 Å². The fourth-order valence-electron chi connectivity index (χ4n) is 4.95. The van der Waals surface area contributed by atoms with E-state index in [-0.39, 0.29) is 31.0 Å². The lowest BCUT2D eigenvalue weighted by Crippen LogP contribution is -2.53. The van der Waals surface area contributed by atoms with E-state index in [0.29, 0.717) is 23.1 Å². The quantitative estimate of drug-likeness (QED) is 0.247. The third-order valence-corrected chi connectivity index (χ3v) is 8.23. The summed E-state index contributed by atoms with van der Waals surface area (Å²) in [7, 11) is 0. The van der Waals surface area contributed by atoms with Crippen LogP contribution in [0.4, 0.5) is 0 Å². The maximum atomic E-state index is 13.9. The molecule has 1 fully saturated rings. The van der Waals surface area contributed by atoms with E-state index >= 15 is 0 Å². The molecule has 4 rings (SSSR count). The summed E-state index contributed by atoms with van der Waals surface area (Å²) in [6, 6.07) is 22.6. The van der Waals surface area contributed by atoms with Gasteiger partial charge in [-0.1, -0.05) is 92.9 Å². The lowest BCUT2D eigenvalue weighted by molar-refractivity contribution is -0.143. The van der Waals surface area contributed by atoms with Gasteiger partial charge in [-0.25, -0.2) is 0 Å². The van der Waals surface area contributed by atoms with Crippen LogP contribution in [-0.2, 0) is 22.6 Å². The average molecular weight is 612 g/mol. The van der Waals surface area contributed by atoms with Crippen molar-refractivity contribution < 1.29 is 14.3 Å². The van der Waals surface area contributed by atoms with Crippen molar-refractivity contribution in [3.63, 3.8) is 0 Å². The van der Waals surface area contributed by atoms with E-state index < -0.39 is 6.04 Å². The Kier molecular flexibility index (Phi) is 10.5. The number of ether oxygens (including phenoxy) is 1. The van der Waals surface area contributed by atoms with Gasteiger partial charge in [-0.2, -0.15) is 0 Å². The van der Waals surface area contributed by atoms with Gasteiger partial charge in [-0.05, 0) is 69.6 Å². The fourth-order valence-corrected chi connectivity index (χ4v) is 5.65. The van der Waals surface area contributed by atoms with Crippen LogP contribution in [-0.4, -0.2) is 35.4 Å². The number of nitrogens with zero attached hydrogens (tertiary/aromatic N) is 1. The number of hydrogen-bond donors (Lipinski definition) is 1. The Morgan fingerprint density at radius 2 is 1.72 bits per heavy atom. The van der Waals surface area contributed by atoms with Crippen molar-refractivity contribution in [2.45, 2.75) is 70.5 Å². The molecule has 2 amide bonds. The van der Waals surface area contributed by atoms with E-state index in [1.54, 1.807) is 11.0 Å². The Labute approximate surface area is 245 Å². The van der Waals surface area contributed by atoms with Crippen molar-refractivity contribution in [3.05, 3.63) is 99.0 Å². The number of nitrogens with one attached hydrogen (secondary N) is 1. The van der Waals surface area contributed by atoms with Gasteiger partial charge in [0.1, 0.15) is 11.8 Å². The van der Waals surface area contributed by atoms with Crippen LogP contribution in [0.3, 0.4) is 0 Å². The van der Waals surface area contributed by atoms with Crippen molar-refractivity contribution in [1.82, 2.24) is 10.2 Å². The highest BCUT2D eigenvalue weighted by atomic mass is 79.9. The summed E-state index contributed by atoms with van der Waals surface area (Å²) < 4.78 is 6.78. The van der Waals surface area contributed by atoms with Crippen LogP contribution < -0.4 is 10.1 Å². The van der Waals surface area contributed by atoms with Crippen LogP contribution in [0.1, 0.15) is 62.1 Å². The molecule has 3 aromatic carbocycles. The Morgan fingerprint density at radius 3 is 2.38 bits per heavy atom. The third kappa shape index (κ3) is 8.09. The molecular weight excluding hydrogens is 576 g/mol. The SMILES string of the molecule is CC(C)c1ccc(OCC(=O)N(Cc2ccccc2Cl)C(Cc2ccccc2)C(=O)NC2CCCC2)c(Br)c1. The van der Waals surface area contributed by atoms with E-state index in [1.807, 2.05) is 66.7 Å². The number of amides is 2. The van der Waals surface area contributed by atoms with Gasteiger partial charge >= 0.3 is 0 Å². The second kappa shape index (κ2) is 14.0. The van der Waals surface area contributed by atoms with Crippen molar-refractivity contribution >= 4 is 39.3 Å². The van der Waals surface area contributed by atoms with Crippen LogP contribution in [0, 0.1) is 0 Å². The average Bonchev–Trinajstić information content (AvgIpc) is 3.44. The molecule has 1 saturated carbocycles. The third-order valence-electron chi connectivity index (χ3n) is 7.24. The minimum atomic E-state index is -0.716. The summed E-state index contributed by atoms with van der Waals surface area (Å²) in [5, 5.41) is 3.77. The first kappa shape index (κ1) is 29.2. The number of halogens is 2. The van der Waals surface area contributed by atoms with Crippen LogP contribution in [0.15, 0.2) is 77.3 Å². The number of carbonyl (C=O) groups is 2. The summed E-state index contributed by atoms with van der Waals surface area (Å²) in [6.07, 6.45) is 4.53. The van der Waals surface area contributed by atoms with Gasteiger partial charge in [-0.3, -0.25) is 9.59 Å². The van der Waals surface area contributed by atoms with Crippen molar-refractivity contribution in [2.75, 3.05) is 6.61 Å². The zero-order valence-electron chi connectivity index (χ0n) is 22.5. The topological polar surface area (TPSA) is 58.6 Å². The summed E-state index contributed by atoms with van der Waals surface area (Å²) in [5.41, 5.74) is 2.93. The molecule has 0 aromatic heterocycles. The molecule has 0 bridgehead atoms. The Morgan fingerprint density at radius 1 is 1.03 bits per heavy atom. The molecule has 1 aliphatic carbocycles. The van der Waals surface area contributed by atoms with Gasteiger partial charge in [0, 0.05) is 24.0 Å². The molecule has 206 valence electrons. The molecule has 0 saturated heterocycles. The van der Waals surface area contributed by atoms with E-state index in [4.69, 9.17) is 16.3 Å². The lowest BCUT2D eigenvalue weighted by atomic mass is 10.0. The predicted molar refractivity (Wildman–Crippen MR) is 160 cm³/mol. The molecule has 1 unspecified atom stereocenters. The van der Waals surface area contributed by atoms with Crippen LogP contribution in [0.2, 0.25) is 5.02 Å². The van der Waals surface area contributed by atoms with Gasteiger partial charge in [0.15, 0.2) is 6.61 Å². The lowest BCUT2D eigenvalue weighted by Gasteiger charge is -2.32. The Hall–Kier alpha value is -2.83. The maximum Gasteiger partial charge on any atom is 0.261 e. The highest BCUT2D eigenvalue weighted by Gasteiger charge is 2.32. The molecule has 1 aliphatic rings. The highest BCUT2D eigenvalue weighted by Crippen LogP contribution is 2.29. The predicted octanol–water partition coefficient (Wildman–Crippen LogP) is 7.30. The van der Waals surface area contributed by atoms with Crippen molar-refractivity contribution in [1.29, 1.82) is 0 Å².